The molecular weight excluding hydrogens is 316 g/mol. The van der Waals surface area contributed by atoms with Gasteiger partial charge in [0.1, 0.15) is 9.84 Å². The van der Waals surface area contributed by atoms with E-state index in [2.05, 4.69) is 0 Å². The summed E-state index contributed by atoms with van der Waals surface area (Å²) in [7, 11) is -3.41. The highest BCUT2D eigenvalue weighted by Gasteiger charge is 2.39. The predicted molar refractivity (Wildman–Crippen MR) is 102 cm³/mol. The molecule has 2 rings (SSSR count). The quantitative estimate of drug-likeness (QED) is 0.638. The topological polar surface area (TPSA) is 34.1 Å². The van der Waals surface area contributed by atoms with Crippen LogP contribution in [0.15, 0.2) is 65.1 Å². The van der Waals surface area contributed by atoms with E-state index in [0.29, 0.717) is 30.6 Å². The first-order valence-electron chi connectivity index (χ1n) is 8.70. The number of benzene rings is 1. The molecule has 0 N–H and O–H groups in total. The molecule has 0 aromatic heterocycles. The van der Waals surface area contributed by atoms with Crippen LogP contribution >= 0.6 is 0 Å². The van der Waals surface area contributed by atoms with Gasteiger partial charge in [-0.1, -0.05) is 56.7 Å². The second-order valence-corrected chi connectivity index (χ2v) is 8.56. The molecule has 0 amide bonds. The molecule has 1 aromatic carbocycles. The highest BCUT2D eigenvalue weighted by atomic mass is 32.2. The summed E-state index contributed by atoms with van der Waals surface area (Å²) in [6.07, 6.45) is 11.9. The van der Waals surface area contributed by atoms with Gasteiger partial charge in [0.25, 0.3) is 0 Å². The minimum Gasteiger partial charge on any atom is -0.233 e. The monoisotopic (exact) mass is 343 g/mol. The molecule has 0 spiro atoms. The second kappa shape index (κ2) is 7.89. The lowest BCUT2D eigenvalue weighted by Gasteiger charge is -2.35. The third kappa shape index (κ3) is 3.51. The molecule has 0 saturated heterocycles. The van der Waals surface area contributed by atoms with Gasteiger partial charge in [-0.25, -0.2) is 8.42 Å². The number of allylic oxidation sites excluding steroid dienone is 6. The Morgan fingerprint density at radius 2 is 1.62 bits per heavy atom. The van der Waals surface area contributed by atoms with E-state index in [1.54, 1.807) is 0 Å². The maximum absolute atomic E-state index is 13.6. The van der Waals surface area contributed by atoms with Crippen molar-refractivity contribution in [3.05, 3.63) is 77.1 Å². The van der Waals surface area contributed by atoms with Gasteiger partial charge in [0.15, 0.2) is 0 Å². The highest BCUT2D eigenvalue weighted by Crippen LogP contribution is 2.38. The summed E-state index contributed by atoms with van der Waals surface area (Å²) < 4.78 is 26.5. The van der Waals surface area contributed by atoms with Crippen molar-refractivity contribution >= 4 is 9.84 Å². The maximum atomic E-state index is 13.6. The number of sulfone groups is 1. The minimum atomic E-state index is -3.41. The van der Waals surface area contributed by atoms with Crippen LogP contribution in [-0.4, -0.2) is 13.2 Å². The van der Waals surface area contributed by atoms with E-state index >= 15 is 0 Å². The van der Waals surface area contributed by atoms with E-state index < -0.39 is 14.6 Å². The minimum absolute atomic E-state index is 0.439. The van der Waals surface area contributed by atoms with Crippen molar-refractivity contribution in [1.82, 2.24) is 0 Å². The van der Waals surface area contributed by atoms with Gasteiger partial charge in [0, 0.05) is 0 Å². The van der Waals surface area contributed by atoms with Gasteiger partial charge in [0.2, 0.25) is 0 Å². The van der Waals surface area contributed by atoms with E-state index in [0.717, 1.165) is 11.1 Å². The van der Waals surface area contributed by atoms with Gasteiger partial charge < -0.3 is 0 Å². The Morgan fingerprint density at radius 3 is 2.12 bits per heavy atom. The van der Waals surface area contributed by atoms with Crippen molar-refractivity contribution in [3.63, 3.8) is 0 Å². The molecule has 130 valence electrons. The molecule has 0 heterocycles. The van der Waals surface area contributed by atoms with Gasteiger partial charge in [-0.15, -0.1) is 36.3 Å². The second-order valence-electron chi connectivity index (χ2n) is 6.20. The third-order valence-electron chi connectivity index (χ3n) is 5.13. The van der Waals surface area contributed by atoms with Crippen LogP contribution in [0.4, 0.5) is 0 Å². The van der Waals surface area contributed by atoms with E-state index in [4.69, 9.17) is 0 Å². The highest BCUT2D eigenvalue weighted by molar-refractivity contribution is 7.96. The Bertz CT molecular complexity index is 725. The summed E-state index contributed by atoms with van der Waals surface area (Å²) in [4.78, 5) is 0.542. The van der Waals surface area contributed by atoms with E-state index in [-0.39, 0.29) is 0 Å². The fraction of sp³-hybridized carbons (Fsp3) is 0.381. The van der Waals surface area contributed by atoms with Crippen LogP contribution in [0.5, 0.6) is 0 Å². The Labute approximate surface area is 146 Å². The molecule has 0 fully saturated rings. The molecule has 1 aliphatic rings. The zero-order valence-electron chi connectivity index (χ0n) is 14.8. The molecule has 0 atom stereocenters. The molecule has 0 bridgehead atoms. The van der Waals surface area contributed by atoms with Crippen molar-refractivity contribution in [1.29, 1.82) is 0 Å². The maximum Gasteiger partial charge on any atom is 0.147 e. The van der Waals surface area contributed by atoms with Crippen LogP contribution in [-0.2, 0) is 16.3 Å². The van der Waals surface area contributed by atoms with Crippen LogP contribution in [0.3, 0.4) is 0 Å². The Balaban J connectivity index is 2.58. The summed E-state index contributed by atoms with van der Waals surface area (Å²) in [5.41, 5.74) is 1.83. The first-order valence-corrected chi connectivity index (χ1v) is 10.2. The first-order chi connectivity index (χ1) is 11.5. The molecule has 1 aromatic rings. The molecule has 2 nitrogen and oxygen atoms in total. The van der Waals surface area contributed by atoms with Gasteiger partial charge in [-0.2, -0.15) is 0 Å². The van der Waals surface area contributed by atoms with Crippen LogP contribution < -0.4 is 0 Å². The summed E-state index contributed by atoms with van der Waals surface area (Å²) in [5.74, 6) is 0. The first kappa shape index (κ1) is 18.6. The van der Waals surface area contributed by atoms with Gasteiger partial charge in [-0.05, 0) is 30.6 Å². The fourth-order valence-corrected chi connectivity index (χ4v) is 5.80. The zero-order chi connectivity index (χ0) is 17.6. The smallest absolute Gasteiger partial charge is 0.147 e. The fourth-order valence-electron chi connectivity index (χ4n) is 3.34. The normalized spacial score (nSPS) is 16.8. The Hall–Kier alpha value is -1.74. The zero-order valence-corrected chi connectivity index (χ0v) is 15.6. The summed E-state index contributed by atoms with van der Waals surface area (Å²) in [6.45, 7) is 5.95. The molecule has 0 saturated carbocycles. The van der Waals surface area contributed by atoms with Crippen LogP contribution in [0.25, 0.3) is 0 Å². The standard InChI is InChI=1S/C21H27O2S/c1-4-21(5-2,6-3)24(22,23)20(19-15-11-8-12-16-19)17-18-13-9-7-10-14-18/h7-16H,4-6,17H2,1-3H3/q-1. The van der Waals surface area contributed by atoms with Crippen molar-refractivity contribution in [2.75, 3.05) is 0 Å². The van der Waals surface area contributed by atoms with Gasteiger partial charge in [-0.3, -0.25) is 0 Å². The average Bonchev–Trinajstić information content (AvgIpc) is 2.63. The van der Waals surface area contributed by atoms with E-state index in [9.17, 15) is 8.42 Å². The van der Waals surface area contributed by atoms with Crippen LogP contribution in [0.2, 0.25) is 0 Å². The predicted octanol–water partition coefficient (Wildman–Crippen LogP) is 5.20. The van der Waals surface area contributed by atoms with Crippen molar-refractivity contribution < 1.29 is 8.42 Å². The van der Waals surface area contributed by atoms with Crippen molar-refractivity contribution in [2.24, 2.45) is 0 Å². The van der Waals surface area contributed by atoms with Crippen LogP contribution in [0.1, 0.15) is 45.6 Å². The number of rotatable bonds is 7. The van der Waals surface area contributed by atoms with Crippen molar-refractivity contribution in [3.8, 4) is 0 Å². The van der Waals surface area contributed by atoms with Gasteiger partial charge >= 0.3 is 0 Å². The van der Waals surface area contributed by atoms with Crippen molar-refractivity contribution in [2.45, 2.75) is 51.2 Å². The lowest BCUT2D eigenvalue weighted by Crippen LogP contribution is -2.38. The molecule has 0 aliphatic heterocycles. The summed E-state index contributed by atoms with van der Waals surface area (Å²) in [6, 6.07) is 9.84. The largest absolute Gasteiger partial charge is 0.233 e. The third-order valence-corrected chi connectivity index (χ3v) is 8.17. The number of hydrogen-bond acceptors (Lipinski definition) is 2. The lowest BCUT2D eigenvalue weighted by molar-refractivity contribution is 0.471. The molecule has 0 unspecified atom stereocenters. The van der Waals surface area contributed by atoms with E-state index in [1.165, 1.54) is 0 Å². The molecular formula is C21H27O2S-. The number of hydrogen-bond donors (Lipinski definition) is 0. The SMILES string of the molecule is CCC(CC)(CC)S(=O)(=O)/C(Cc1ccccc1)=C1/C=CC=C[CH-]1. The Morgan fingerprint density at radius 1 is 1.00 bits per heavy atom. The Kier molecular flexibility index (Phi) is 6.11. The lowest BCUT2D eigenvalue weighted by atomic mass is 9.99. The summed E-state index contributed by atoms with van der Waals surface area (Å²) in [5, 5.41) is 0. The molecule has 1 aliphatic carbocycles. The average molecular weight is 344 g/mol. The molecule has 0 radical (unpaired) electrons. The van der Waals surface area contributed by atoms with Crippen LogP contribution in [0, 0.1) is 6.42 Å². The molecule has 3 heteroatoms. The summed E-state index contributed by atoms with van der Waals surface area (Å²) >= 11 is 0. The van der Waals surface area contributed by atoms with E-state index in [1.807, 2.05) is 81.8 Å². The van der Waals surface area contributed by atoms with Gasteiger partial charge in [0.05, 0.1) is 4.75 Å². The molecule has 24 heavy (non-hydrogen) atoms.